The largest absolute Gasteiger partial charge is 0.355 e. The van der Waals surface area contributed by atoms with Crippen molar-refractivity contribution in [2.24, 2.45) is 4.99 Å². The second kappa shape index (κ2) is 8.90. The molecule has 1 fully saturated rings. The first kappa shape index (κ1) is 21.4. The van der Waals surface area contributed by atoms with Crippen molar-refractivity contribution >= 4 is 45.7 Å². The third-order valence-electron chi connectivity index (χ3n) is 3.53. The van der Waals surface area contributed by atoms with Gasteiger partial charge in [-0.1, -0.05) is 6.92 Å². The molecular formula is C13H27IN4O3S. The zero-order chi connectivity index (χ0) is 16.1. The van der Waals surface area contributed by atoms with E-state index in [1.807, 2.05) is 11.8 Å². The summed E-state index contributed by atoms with van der Waals surface area (Å²) >= 11 is 0. The highest BCUT2D eigenvalue weighted by Gasteiger charge is 2.40. The average Bonchev–Trinajstić information content (AvgIpc) is 2.41. The van der Waals surface area contributed by atoms with E-state index in [0.717, 1.165) is 6.42 Å². The summed E-state index contributed by atoms with van der Waals surface area (Å²) in [5.41, 5.74) is 0. The van der Waals surface area contributed by atoms with Gasteiger partial charge in [0.25, 0.3) is 0 Å². The van der Waals surface area contributed by atoms with E-state index in [4.69, 9.17) is 0 Å². The van der Waals surface area contributed by atoms with Crippen LogP contribution in [0.2, 0.25) is 0 Å². The molecule has 0 atom stereocenters. The van der Waals surface area contributed by atoms with E-state index in [-0.39, 0.29) is 42.2 Å². The van der Waals surface area contributed by atoms with Gasteiger partial charge < -0.3 is 15.5 Å². The maximum Gasteiger partial charge on any atom is 0.239 e. The first-order chi connectivity index (χ1) is 9.73. The lowest BCUT2D eigenvalue weighted by molar-refractivity contribution is -0.120. The molecule has 1 aliphatic heterocycles. The molecule has 22 heavy (non-hydrogen) atoms. The van der Waals surface area contributed by atoms with Gasteiger partial charge in [0.2, 0.25) is 5.91 Å². The van der Waals surface area contributed by atoms with E-state index in [9.17, 15) is 13.2 Å². The second-order valence-corrected chi connectivity index (χ2v) is 8.49. The Kier molecular flexibility index (Phi) is 8.66. The lowest BCUT2D eigenvalue weighted by Crippen LogP contribution is -2.57. The molecule has 2 N–H and O–H groups in total. The van der Waals surface area contributed by atoms with Crippen molar-refractivity contribution in [1.82, 2.24) is 15.5 Å². The number of halogens is 1. The molecule has 130 valence electrons. The van der Waals surface area contributed by atoms with Crippen LogP contribution in [-0.4, -0.2) is 68.9 Å². The van der Waals surface area contributed by atoms with Gasteiger partial charge in [-0.05, 0) is 20.3 Å². The van der Waals surface area contributed by atoms with Crippen LogP contribution in [0.15, 0.2) is 4.99 Å². The highest BCUT2D eigenvalue weighted by molar-refractivity contribution is 14.0. The van der Waals surface area contributed by atoms with Gasteiger partial charge in [-0.25, -0.2) is 8.42 Å². The minimum Gasteiger partial charge on any atom is -0.355 e. The number of guanidine groups is 1. The minimum absolute atomic E-state index is 0. The summed E-state index contributed by atoms with van der Waals surface area (Å²) in [6.45, 7) is 6.96. The molecule has 0 aliphatic carbocycles. The molecule has 1 heterocycles. The van der Waals surface area contributed by atoms with Gasteiger partial charge in [0.05, 0.1) is 17.0 Å². The van der Waals surface area contributed by atoms with Gasteiger partial charge in [-0.3, -0.25) is 9.79 Å². The molecule has 1 saturated heterocycles. The Labute approximate surface area is 150 Å². The standard InChI is InChI=1S/C13H26N4O3S.HI/c1-5-6-15-11(18)9-16-12(14-4)17-7-8-21(19,20)13(2,3)10-17;/h5-10H2,1-4H3,(H,14,16)(H,15,18);1H. The quantitative estimate of drug-likeness (QED) is 0.366. The molecule has 0 spiro atoms. The van der Waals surface area contributed by atoms with Crippen LogP contribution in [0, 0.1) is 0 Å². The molecule has 0 aromatic rings. The molecule has 1 amide bonds. The number of amides is 1. The normalized spacial score (nSPS) is 20.0. The molecule has 0 radical (unpaired) electrons. The van der Waals surface area contributed by atoms with Crippen LogP contribution in [0.3, 0.4) is 0 Å². The molecule has 1 aliphatic rings. The van der Waals surface area contributed by atoms with Crippen molar-refractivity contribution in [1.29, 1.82) is 0 Å². The molecule has 7 nitrogen and oxygen atoms in total. The van der Waals surface area contributed by atoms with Gasteiger partial charge in [-0.15, -0.1) is 24.0 Å². The lowest BCUT2D eigenvalue weighted by Gasteiger charge is -2.39. The molecular weight excluding hydrogens is 419 g/mol. The van der Waals surface area contributed by atoms with Gasteiger partial charge in [-0.2, -0.15) is 0 Å². The number of aliphatic imine (C=N–C) groups is 1. The van der Waals surface area contributed by atoms with Crippen molar-refractivity contribution in [2.75, 3.05) is 39.0 Å². The summed E-state index contributed by atoms with van der Waals surface area (Å²) in [6.07, 6.45) is 0.888. The fourth-order valence-corrected chi connectivity index (χ4v) is 3.51. The third-order valence-corrected chi connectivity index (χ3v) is 6.07. The van der Waals surface area contributed by atoms with Crippen molar-refractivity contribution < 1.29 is 13.2 Å². The summed E-state index contributed by atoms with van der Waals surface area (Å²) in [6, 6.07) is 0. The number of hydrogen-bond donors (Lipinski definition) is 2. The third kappa shape index (κ3) is 5.56. The Morgan fingerprint density at radius 2 is 1.95 bits per heavy atom. The van der Waals surface area contributed by atoms with Crippen LogP contribution < -0.4 is 10.6 Å². The zero-order valence-electron chi connectivity index (χ0n) is 13.7. The molecule has 9 heteroatoms. The Hall–Kier alpha value is -0.580. The van der Waals surface area contributed by atoms with Gasteiger partial charge in [0.1, 0.15) is 0 Å². The summed E-state index contributed by atoms with van der Waals surface area (Å²) < 4.78 is 23.2. The fourth-order valence-electron chi connectivity index (χ4n) is 2.14. The predicted molar refractivity (Wildman–Crippen MR) is 99.5 cm³/mol. The number of carbonyl (C=O) groups excluding carboxylic acids is 1. The summed E-state index contributed by atoms with van der Waals surface area (Å²) in [7, 11) is -1.46. The van der Waals surface area contributed by atoms with Crippen molar-refractivity contribution in [3.05, 3.63) is 0 Å². The minimum atomic E-state index is -3.08. The molecule has 0 aromatic carbocycles. The Morgan fingerprint density at radius 1 is 1.32 bits per heavy atom. The van der Waals surface area contributed by atoms with E-state index in [0.29, 0.717) is 25.6 Å². The second-order valence-electron chi connectivity index (χ2n) is 5.75. The molecule has 0 aromatic heterocycles. The first-order valence-corrected chi connectivity index (χ1v) is 8.83. The monoisotopic (exact) mass is 446 g/mol. The van der Waals surface area contributed by atoms with E-state index in [1.165, 1.54) is 0 Å². The highest BCUT2D eigenvalue weighted by atomic mass is 127. The van der Waals surface area contributed by atoms with Crippen LogP contribution in [0.5, 0.6) is 0 Å². The van der Waals surface area contributed by atoms with Crippen molar-refractivity contribution in [2.45, 2.75) is 31.9 Å². The van der Waals surface area contributed by atoms with Gasteiger partial charge in [0.15, 0.2) is 15.8 Å². The molecule has 0 bridgehead atoms. The maximum atomic E-state index is 12.0. The highest BCUT2D eigenvalue weighted by Crippen LogP contribution is 2.23. The summed E-state index contributed by atoms with van der Waals surface area (Å²) in [4.78, 5) is 17.6. The molecule has 0 saturated carbocycles. The number of hydrogen-bond acceptors (Lipinski definition) is 4. The topological polar surface area (TPSA) is 90.9 Å². The van der Waals surface area contributed by atoms with Crippen LogP contribution >= 0.6 is 24.0 Å². The van der Waals surface area contributed by atoms with Crippen LogP contribution in [0.4, 0.5) is 0 Å². The zero-order valence-corrected chi connectivity index (χ0v) is 16.8. The smallest absolute Gasteiger partial charge is 0.239 e. The van der Waals surface area contributed by atoms with Gasteiger partial charge >= 0.3 is 0 Å². The fraction of sp³-hybridized carbons (Fsp3) is 0.846. The van der Waals surface area contributed by atoms with Crippen LogP contribution in [0.25, 0.3) is 0 Å². The van der Waals surface area contributed by atoms with Crippen molar-refractivity contribution in [3.63, 3.8) is 0 Å². The van der Waals surface area contributed by atoms with E-state index in [2.05, 4.69) is 15.6 Å². The van der Waals surface area contributed by atoms with Gasteiger partial charge in [0, 0.05) is 26.7 Å². The Bertz CT molecular complexity index is 505. The van der Waals surface area contributed by atoms with Crippen LogP contribution in [-0.2, 0) is 14.6 Å². The van der Waals surface area contributed by atoms with E-state index in [1.54, 1.807) is 20.9 Å². The lowest BCUT2D eigenvalue weighted by atomic mass is 10.2. The number of carbonyl (C=O) groups is 1. The first-order valence-electron chi connectivity index (χ1n) is 7.18. The SMILES string of the molecule is CCCNC(=O)CNC(=NC)N1CCS(=O)(=O)C(C)(C)C1.I. The van der Waals surface area contributed by atoms with E-state index < -0.39 is 14.6 Å². The molecule has 1 rings (SSSR count). The molecule has 0 unspecified atom stereocenters. The number of nitrogens with one attached hydrogen (secondary N) is 2. The maximum absolute atomic E-state index is 12.0. The number of rotatable bonds is 4. The Balaban J connectivity index is 0.00000441. The number of sulfone groups is 1. The summed E-state index contributed by atoms with van der Waals surface area (Å²) in [5, 5.41) is 5.76. The Morgan fingerprint density at radius 3 is 2.45 bits per heavy atom. The van der Waals surface area contributed by atoms with Crippen molar-refractivity contribution in [3.8, 4) is 0 Å². The van der Waals surface area contributed by atoms with E-state index >= 15 is 0 Å². The summed E-state index contributed by atoms with van der Waals surface area (Å²) in [5.74, 6) is 0.564. The van der Waals surface area contributed by atoms with Crippen LogP contribution in [0.1, 0.15) is 27.2 Å². The number of nitrogens with zero attached hydrogens (tertiary/aromatic N) is 2. The average molecular weight is 446 g/mol. The predicted octanol–water partition coefficient (Wildman–Crippen LogP) is 0.215.